The van der Waals surface area contributed by atoms with Gasteiger partial charge in [0.25, 0.3) is 0 Å². The number of carbonyl (C=O) groups is 2. The molecule has 3 N–H and O–H groups in total. The van der Waals surface area contributed by atoms with Gasteiger partial charge in [0.15, 0.2) is 0 Å². The number of esters is 1. The largest absolute Gasteiger partial charge is 0.472 e. The van der Waals surface area contributed by atoms with E-state index in [-0.39, 0.29) is 32.1 Å². The van der Waals surface area contributed by atoms with E-state index in [1.807, 2.05) is 0 Å². The fraction of sp³-hybridized carbons (Fsp3) is 0.784. The number of unbranched alkanes of at least 4 members (excludes halogenated alkanes) is 15. The highest BCUT2D eigenvalue weighted by molar-refractivity contribution is 7.47. The second-order valence-corrected chi connectivity index (χ2v) is 13.7. The summed E-state index contributed by atoms with van der Waals surface area (Å²) in [7, 11) is -4.40. The van der Waals surface area contributed by atoms with Crippen LogP contribution in [0.4, 0.5) is 0 Å². The van der Waals surface area contributed by atoms with Gasteiger partial charge in [0, 0.05) is 19.4 Å². The Bertz CT molecular complexity index is 876. The van der Waals surface area contributed by atoms with E-state index >= 15 is 0 Å². The first kappa shape index (κ1) is 45.2. The lowest BCUT2D eigenvalue weighted by atomic mass is 10.1. The van der Waals surface area contributed by atoms with Gasteiger partial charge in [0.2, 0.25) is 5.91 Å². The molecule has 0 heterocycles. The number of aliphatic hydroxyl groups excluding tert-OH is 1. The van der Waals surface area contributed by atoms with Gasteiger partial charge >= 0.3 is 13.8 Å². The van der Waals surface area contributed by atoms with Crippen LogP contribution < -0.4 is 5.32 Å². The zero-order valence-electron chi connectivity index (χ0n) is 29.7. The van der Waals surface area contributed by atoms with Crippen LogP contribution in [-0.2, 0) is 27.9 Å². The number of ether oxygens (including phenoxy) is 1. The Morgan fingerprint density at radius 3 is 1.77 bits per heavy atom. The third-order valence-electron chi connectivity index (χ3n) is 7.57. The SMILES string of the molecule is CCCCC/C=C\C/C=C\C/C=C\CCCCCCCCC(=O)OCC(O)COP(=O)(O)OCCNC(=O)CCCCCCCCC. The Morgan fingerprint density at radius 2 is 1.15 bits per heavy atom. The molecule has 274 valence electrons. The first-order chi connectivity index (χ1) is 22.8. The Hall–Kier alpha value is -1.77. The van der Waals surface area contributed by atoms with Crippen LogP contribution in [0.1, 0.15) is 155 Å². The lowest BCUT2D eigenvalue weighted by molar-refractivity contribution is -0.147. The minimum atomic E-state index is -4.40. The molecule has 0 aliphatic heterocycles. The van der Waals surface area contributed by atoms with Crippen molar-refractivity contribution in [1.82, 2.24) is 5.32 Å². The van der Waals surface area contributed by atoms with Gasteiger partial charge in [0.05, 0.1) is 13.2 Å². The standard InChI is InChI=1S/C37H68NO8P/c1-3-5-7-9-11-12-13-14-15-16-17-18-19-20-21-22-24-26-28-30-37(41)44-33-35(39)34-46-47(42,43)45-32-31-38-36(40)29-27-25-23-10-8-6-4-2/h11-12,14-15,17-18,35,39H,3-10,13,16,19-34H2,1-2H3,(H,38,40)(H,42,43)/b12-11-,15-14-,18-17-. The molecule has 0 radical (unpaired) electrons. The number of carbonyl (C=O) groups excluding carboxylic acids is 2. The van der Waals surface area contributed by atoms with E-state index in [4.69, 9.17) is 13.8 Å². The minimum Gasteiger partial charge on any atom is -0.463 e. The smallest absolute Gasteiger partial charge is 0.463 e. The van der Waals surface area contributed by atoms with Crippen LogP contribution in [0.15, 0.2) is 36.5 Å². The van der Waals surface area contributed by atoms with Crippen LogP contribution in [0.2, 0.25) is 0 Å². The maximum absolute atomic E-state index is 12.0. The highest BCUT2D eigenvalue weighted by atomic mass is 31.2. The molecule has 0 rings (SSSR count). The Kier molecular flexibility index (Phi) is 32.8. The lowest BCUT2D eigenvalue weighted by Crippen LogP contribution is -2.27. The second-order valence-electron chi connectivity index (χ2n) is 12.2. The molecule has 0 aliphatic rings. The predicted molar refractivity (Wildman–Crippen MR) is 192 cm³/mol. The zero-order chi connectivity index (χ0) is 34.7. The monoisotopic (exact) mass is 685 g/mol. The van der Waals surface area contributed by atoms with Crippen molar-refractivity contribution in [1.29, 1.82) is 0 Å². The fourth-order valence-electron chi connectivity index (χ4n) is 4.74. The molecule has 1 amide bonds. The summed E-state index contributed by atoms with van der Waals surface area (Å²) in [5.74, 6) is -0.537. The van der Waals surface area contributed by atoms with Crippen LogP contribution >= 0.6 is 7.82 Å². The average molecular weight is 686 g/mol. The number of hydrogen-bond donors (Lipinski definition) is 3. The maximum Gasteiger partial charge on any atom is 0.472 e. The van der Waals surface area contributed by atoms with Gasteiger partial charge in [-0.15, -0.1) is 0 Å². The quantitative estimate of drug-likeness (QED) is 0.0264. The van der Waals surface area contributed by atoms with Gasteiger partial charge in [0.1, 0.15) is 12.7 Å². The lowest BCUT2D eigenvalue weighted by Gasteiger charge is -2.15. The topological polar surface area (TPSA) is 131 Å². The molecule has 2 unspecified atom stereocenters. The number of rotatable bonds is 34. The van der Waals surface area contributed by atoms with Gasteiger partial charge in [-0.3, -0.25) is 18.6 Å². The summed E-state index contributed by atoms with van der Waals surface area (Å²) >= 11 is 0. The molecule has 0 aromatic carbocycles. The molecule has 47 heavy (non-hydrogen) atoms. The Labute approximate surface area is 286 Å². The Balaban J connectivity index is 3.65. The van der Waals surface area contributed by atoms with Crippen LogP contribution in [0.5, 0.6) is 0 Å². The van der Waals surface area contributed by atoms with Crippen molar-refractivity contribution < 1.29 is 37.9 Å². The number of phosphoric ester groups is 1. The maximum atomic E-state index is 12.0. The number of amides is 1. The van der Waals surface area contributed by atoms with Gasteiger partial charge in [-0.05, 0) is 51.4 Å². The average Bonchev–Trinajstić information content (AvgIpc) is 3.05. The van der Waals surface area contributed by atoms with Crippen molar-refractivity contribution in [2.24, 2.45) is 0 Å². The van der Waals surface area contributed by atoms with E-state index in [1.54, 1.807) is 0 Å². The van der Waals surface area contributed by atoms with E-state index in [1.165, 1.54) is 64.2 Å². The van der Waals surface area contributed by atoms with E-state index in [0.717, 1.165) is 64.2 Å². The van der Waals surface area contributed by atoms with E-state index in [0.29, 0.717) is 6.42 Å². The van der Waals surface area contributed by atoms with Crippen molar-refractivity contribution in [3.63, 3.8) is 0 Å². The van der Waals surface area contributed by atoms with Crippen molar-refractivity contribution in [3.05, 3.63) is 36.5 Å². The molecule has 10 heteroatoms. The summed E-state index contributed by atoms with van der Waals surface area (Å²) in [4.78, 5) is 33.6. The molecule has 0 aliphatic carbocycles. The normalized spacial score (nSPS) is 13.9. The molecule has 0 saturated carbocycles. The molecular weight excluding hydrogens is 617 g/mol. The second kappa shape index (κ2) is 34.1. The van der Waals surface area contributed by atoms with Crippen molar-refractivity contribution in [2.75, 3.05) is 26.4 Å². The highest BCUT2D eigenvalue weighted by Gasteiger charge is 2.23. The summed E-state index contributed by atoms with van der Waals surface area (Å²) in [6.45, 7) is 3.44. The van der Waals surface area contributed by atoms with Crippen LogP contribution in [0.3, 0.4) is 0 Å². The number of aliphatic hydroxyl groups is 1. The molecular formula is C37H68NO8P. The van der Waals surface area contributed by atoms with Crippen molar-refractivity contribution in [3.8, 4) is 0 Å². The van der Waals surface area contributed by atoms with Crippen molar-refractivity contribution >= 4 is 19.7 Å². The third-order valence-corrected chi connectivity index (χ3v) is 8.56. The molecule has 0 aromatic rings. The summed E-state index contributed by atoms with van der Waals surface area (Å²) in [5.41, 5.74) is 0. The number of allylic oxidation sites excluding steroid dienone is 6. The first-order valence-corrected chi connectivity index (χ1v) is 20.0. The first-order valence-electron chi connectivity index (χ1n) is 18.5. The predicted octanol–water partition coefficient (Wildman–Crippen LogP) is 9.43. The van der Waals surface area contributed by atoms with Crippen molar-refractivity contribution in [2.45, 2.75) is 161 Å². The third kappa shape index (κ3) is 35.4. The van der Waals surface area contributed by atoms with E-state index < -0.39 is 26.5 Å². The van der Waals surface area contributed by atoms with Gasteiger partial charge in [-0.1, -0.05) is 127 Å². The van der Waals surface area contributed by atoms with Crippen LogP contribution in [-0.4, -0.2) is 54.3 Å². The van der Waals surface area contributed by atoms with Gasteiger partial charge in [-0.25, -0.2) is 4.57 Å². The molecule has 0 saturated heterocycles. The molecule has 9 nitrogen and oxygen atoms in total. The summed E-state index contributed by atoms with van der Waals surface area (Å²) < 4.78 is 26.7. The Morgan fingerprint density at radius 1 is 0.660 bits per heavy atom. The minimum absolute atomic E-state index is 0.0800. The molecule has 0 bridgehead atoms. The van der Waals surface area contributed by atoms with Gasteiger partial charge in [-0.2, -0.15) is 0 Å². The molecule has 2 atom stereocenters. The molecule has 0 spiro atoms. The zero-order valence-corrected chi connectivity index (χ0v) is 30.6. The summed E-state index contributed by atoms with van der Waals surface area (Å²) in [6.07, 6.45) is 35.2. The van der Waals surface area contributed by atoms with Gasteiger partial charge < -0.3 is 20.1 Å². The number of nitrogens with one attached hydrogen (secondary N) is 1. The van der Waals surface area contributed by atoms with E-state index in [2.05, 4.69) is 55.6 Å². The van der Waals surface area contributed by atoms with Crippen LogP contribution in [0.25, 0.3) is 0 Å². The highest BCUT2D eigenvalue weighted by Crippen LogP contribution is 2.42. The summed E-state index contributed by atoms with van der Waals surface area (Å²) in [5, 5.41) is 12.6. The fourth-order valence-corrected chi connectivity index (χ4v) is 5.49. The molecule has 0 aromatic heterocycles. The number of phosphoric acid groups is 1. The molecule has 0 fully saturated rings. The summed E-state index contributed by atoms with van der Waals surface area (Å²) in [6, 6.07) is 0. The van der Waals surface area contributed by atoms with Crippen LogP contribution in [0, 0.1) is 0 Å². The number of hydrogen-bond acceptors (Lipinski definition) is 7. The van der Waals surface area contributed by atoms with E-state index in [9.17, 15) is 24.2 Å².